The maximum atomic E-state index is 11.9. The first-order chi connectivity index (χ1) is 9.06. The normalized spacial score (nSPS) is 10.8. The maximum Gasteiger partial charge on any atom is 0.189 e. The fourth-order valence-electron chi connectivity index (χ4n) is 1.56. The molecule has 0 unspecified atom stereocenters. The van der Waals surface area contributed by atoms with Crippen LogP contribution in [0.3, 0.4) is 0 Å². The van der Waals surface area contributed by atoms with Gasteiger partial charge in [-0.25, -0.2) is 0 Å². The summed E-state index contributed by atoms with van der Waals surface area (Å²) in [6.07, 6.45) is 2.94. The van der Waals surface area contributed by atoms with E-state index in [-0.39, 0.29) is 22.8 Å². The van der Waals surface area contributed by atoms with Gasteiger partial charge < -0.3 is 10.2 Å². The second-order valence-electron chi connectivity index (χ2n) is 3.95. The number of aromatic hydroxyl groups is 2. The molecule has 2 aromatic rings. The smallest absolute Gasteiger partial charge is 0.189 e. The van der Waals surface area contributed by atoms with Crippen molar-refractivity contribution >= 4 is 23.5 Å². The Bertz CT molecular complexity index is 630. The Morgan fingerprint density at radius 2 is 1.74 bits per heavy atom. The molecule has 2 rings (SSSR count). The number of phenolic OH excluding ortho intramolecular Hbond substituents is 2. The second kappa shape index (κ2) is 5.59. The van der Waals surface area contributed by atoms with Crippen molar-refractivity contribution in [3.05, 3.63) is 64.7 Å². The van der Waals surface area contributed by atoms with Gasteiger partial charge in [0.1, 0.15) is 11.5 Å². The lowest BCUT2D eigenvalue weighted by atomic mass is 10.1. The SMILES string of the molecule is O=C(/C=C/c1ccc(Cl)cc1)c1cc(O)ccc1O. The lowest BCUT2D eigenvalue weighted by Crippen LogP contribution is -1.94. The van der Waals surface area contributed by atoms with Crippen molar-refractivity contribution in [3.8, 4) is 11.5 Å². The minimum atomic E-state index is -0.386. The van der Waals surface area contributed by atoms with Gasteiger partial charge in [-0.15, -0.1) is 0 Å². The minimum absolute atomic E-state index is 0.0604. The molecule has 0 heterocycles. The third-order valence-electron chi connectivity index (χ3n) is 2.54. The summed E-state index contributed by atoms with van der Waals surface area (Å²) in [6, 6.07) is 10.8. The van der Waals surface area contributed by atoms with Gasteiger partial charge >= 0.3 is 0 Å². The van der Waals surface area contributed by atoms with E-state index in [1.54, 1.807) is 30.3 Å². The average Bonchev–Trinajstić information content (AvgIpc) is 2.40. The van der Waals surface area contributed by atoms with Crippen LogP contribution in [0.2, 0.25) is 5.02 Å². The number of rotatable bonds is 3. The van der Waals surface area contributed by atoms with Gasteiger partial charge in [-0.05, 0) is 42.0 Å². The fourth-order valence-corrected chi connectivity index (χ4v) is 1.68. The number of benzene rings is 2. The van der Waals surface area contributed by atoms with E-state index >= 15 is 0 Å². The highest BCUT2D eigenvalue weighted by atomic mass is 35.5. The summed E-state index contributed by atoms with van der Waals surface area (Å²) in [5, 5.41) is 19.5. The zero-order valence-corrected chi connectivity index (χ0v) is 10.6. The number of carbonyl (C=O) groups excluding carboxylic acids is 1. The number of allylic oxidation sites excluding steroid dienone is 1. The van der Waals surface area contributed by atoms with Crippen LogP contribution in [0, 0.1) is 0 Å². The molecule has 3 nitrogen and oxygen atoms in total. The molecule has 4 heteroatoms. The summed E-state index contributed by atoms with van der Waals surface area (Å²) in [7, 11) is 0. The van der Waals surface area contributed by atoms with Crippen molar-refractivity contribution in [1.82, 2.24) is 0 Å². The van der Waals surface area contributed by atoms with Crippen LogP contribution in [-0.4, -0.2) is 16.0 Å². The van der Waals surface area contributed by atoms with E-state index in [2.05, 4.69) is 0 Å². The van der Waals surface area contributed by atoms with E-state index in [9.17, 15) is 15.0 Å². The number of hydrogen-bond donors (Lipinski definition) is 2. The van der Waals surface area contributed by atoms with Crippen molar-refractivity contribution < 1.29 is 15.0 Å². The third kappa shape index (κ3) is 3.36. The molecule has 2 aromatic carbocycles. The Morgan fingerprint density at radius 1 is 1.05 bits per heavy atom. The van der Waals surface area contributed by atoms with Gasteiger partial charge in [0, 0.05) is 5.02 Å². The summed E-state index contributed by atoms with van der Waals surface area (Å²) in [5.74, 6) is -0.618. The lowest BCUT2D eigenvalue weighted by Gasteiger charge is -2.01. The molecule has 0 atom stereocenters. The summed E-state index contributed by atoms with van der Waals surface area (Å²) in [5.41, 5.74) is 0.877. The van der Waals surface area contributed by atoms with E-state index in [4.69, 9.17) is 11.6 Å². The quantitative estimate of drug-likeness (QED) is 0.510. The summed E-state index contributed by atoms with van der Waals surface area (Å²) < 4.78 is 0. The van der Waals surface area contributed by atoms with Crippen molar-refractivity contribution in [2.24, 2.45) is 0 Å². The molecule has 0 saturated carbocycles. The minimum Gasteiger partial charge on any atom is -0.508 e. The Balaban J connectivity index is 2.21. The number of ketones is 1. The van der Waals surface area contributed by atoms with Crippen LogP contribution in [0.15, 0.2) is 48.5 Å². The zero-order valence-electron chi connectivity index (χ0n) is 9.88. The van der Waals surface area contributed by atoms with Crippen LogP contribution in [0.5, 0.6) is 11.5 Å². The molecule has 0 aromatic heterocycles. The highest BCUT2D eigenvalue weighted by molar-refractivity contribution is 6.30. The van der Waals surface area contributed by atoms with Crippen molar-refractivity contribution in [1.29, 1.82) is 0 Å². The van der Waals surface area contributed by atoms with Crippen molar-refractivity contribution in [3.63, 3.8) is 0 Å². The largest absolute Gasteiger partial charge is 0.508 e. The van der Waals surface area contributed by atoms with Gasteiger partial charge in [0.15, 0.2) is 5.78 Å². The number of phenols is 2. The molecule has 96 valence electrons. The Labute approximate surface area is 115 Å². The van der Waals surface area contributed by atoms with Crippen molar-refractivity contribution in [2.75, 3.05) is 0 Å². The van der Waals surface area contributed by atoms with Gasteiger partial charge in [-0.2, -0.15) is 0 Å². The predicted molar refractivity (Wildman–Crippen MR) is 74.6 cm³/mol. The number of hydrogen-bond acceptors (Lipinski definition) is 3. The van der Waals surface area contributed by atoms with E-state index in [0.717, 1.165) is 5.56 Å². The molecule has 0 aliphatic heterocycles. The van der Waals surface area contributed by atoms with Gasteiger partial charge in [0.2, 0.25) is 0 Å². The maximum absolute atomic E-state index is 11.9. The highest BCUT2D eigenvalue weighted by Gasteiger charge is 2.08. The molecule has 2 N–H and O–H groups in total. The molecule has 0 saturated heterocycles. The first-order valence-corrected chi connectivity index (χ1v) is 5.94. The topological polar surface area (TPSA) is 57.5 Å². The van der Waals surface area contributed by atoms with Crippen LogP contribution in [0.4, 0.5) is 0 Å². The Hall–Kier alpha value is -2.26. The molecular weight excluding hydrogens is 264 g/mol. The molecular formula is C15H11ClO3. The molecule has 0 radical (unpaired) electrons. The Morgan fingerprint density at radius 3 is 2.42 bits per heavy atom. The van der Waals surface area contributed by atoms with Crippen LogP contribution in [0.1, 0.15) is 15.9 Å². The van der Waals surface area contributed by atoms with Crippen molar-refractivity contribution in [2.45, 2.75) is 0 Å². The average molecular weight is 275 g/mol. The molecule has 0 bridgehead atoms. The van der Waals surface area contributed by atoms with E-state index in [0.29, 0.717) is 5.02 Å². The lowest BCUT2D eigenvalue weighted by molar-refractivity contribution is 0.104. The van der Waals surface area contributed by atoms with E-state index in [1.165, 1.54) is 24.3 Å². The van der Waals surface area contributed by atoms with E-state index in [1.807, 2.05) is 0 Å². The van der Waals surface area contributed by atoms with Gasteiger partial charge in [0.05, 0.1) is 5.56 Å². The molecule has 0 fully saturated rings. The molecule has 0 spiro atoms. The van der Waals surface area contributed by atoms with Crippen LogP contribution >= 0.6 is 11.6 Å². The first kappa shape index (κ1) is 13.2. The number of halogens is 1. The third-order valence-corrected chi connectivity index (χ3v) is 2.79. The van der Waals surface area contributed by atoms with Crippen LogP contribution < -0.4 is 0 Å². The van der Waals surface area contributed by atoms with Gasteiger partial charge in [-0.3, -0.25) is 4.79 Å². The second-order valence-corrected chi connectivity index (χ2v) is 4.39. The summed E-state index contributed by atoms with van der Waals surface area (Å²) in [6.45, 7) is 0. The summed E-state index contributed by atoms with van der Waals surface area (Å²) >= 11 is 5.76. The zero-order chi connectivity index (χ0) is 13.8. The van der Waals surface area contributed by atoms with Gasteiger partial charge in [0.25, 0.3) is 0 Å². The van der Waals surface area contributed by atoms with E-state index < -0.39 is 0 Å². The monoisotopic (exact) mass is 274 g/mol. The molecule has 0 aliphatic rings. The molecule has 19 heavy (non-hydrogen) atoms. The van der Waals surface area contributed by atoms with Crippen LogP contribution in [0.25, 0.3) is 6.08 Å². The fraction of sp³-hybridized carbons (Fsp3) is 0. The molecule has 0 amide bonds. The van der Waals surface area contributed by atoms with Gasteiger partial charge in [-0.1, -0.05) is 29.8 Å². The van der Waals surface area contributed by atoms with Crippen LogP contribution in [-0.2, 0) is 0 Å². The number of carbonyl (C=O) groups is 1. The Kier molecular flexibility index (Phi) is 3.88. The highest BCUT2D eigenvalue weighted by Crippen LogP contribution is 2.23. The predicted octanol–water partition coefficient (Wildman–Crippen LogP) is 3.65. The first-order valence-electron chi connectivity index (χ1n) is 5.56. The standard InChI is InChI=1S/C15H11ClO3/c16-11-4-1-10(2-5-11)3-7-14(18)13-9-12(17)6-8-15(13)19/h1-9,17,19H/b7-3+. The molecule has 0 aliphatic carbocycles. The summed E-state index contributed by atoms with van der Waals surface area (Å²) in [4.78, 5) is 11.9.